The Morgan fingerprint density at radius 2 is 1.45 bits per heavy atom. The highest BCUT2D eigenvalue weighted by Crippen LogP contribution is 2.25. The van der Waals surface area contributed by atoms with Crippen molar-refractivity contribution in [1.29, 1.82) is 0 Å². The predicted molar refractivity (Wildman–Crippen MR) is 75.9 cm³/mol. The lowest BCUT2D eigenvalue weighted by molar-refractivity contribution is -0.124. The number of rotatable bonds is 2. The van der Waals surface area contributed by atoms with Crippen LogP contribution in [0.3, 0.4) is 0 Å². The Kier molecular flexibility index (Phi) is 3.13. The summed E-state index contributed by atoms with van der Waals surface area (Å²) in [6, 6.07) is 18.3. The van der Waals surface area contributed by atoms with E-state index in [2.05, 4.69) is 10.3 Å². The van der Waals surface area contributed by atoms with Gasteiger partial charge in [0.2, 0.25) is 5.91 Å². The second kappa shape index (κ2) is 5.09. The number of nitrogens with zero attached hydrogens (tertiary/aromatic N) is 1. The minimum Gasteiger partial charge on any atom is -0.290 e. The molecule has 20 heavy (non-hydrogen) atoms. The van der Waals surface area contributed by atoms with Crippen LogP contribution in [0.25, 0.3) is 0 Å². The third-order valence-corrected chi connectivity index (χ3v) is 3.14. The summed E-state index contributed by atoms with van der Waals surface area (Å²) in [6.07, 6.45) is 0. The van der Waals surface area contributed by atoms with Crippen molar-refractivity contribution in [2.24, 2.45) is 4.99 Å². The Labute approximate surface area is 116 Å². The van der Waals surface area contributed by atoms with Gasteiger partial charge in [0.15, 0.2) is 0 Å². The zero-order valence-electron chi connectivity index (χ0n) is 10.6. The Bertz CT molecular complexity index is 678. The lowest BCUT2D eigenvalue weighted by Gasteiger charge is -2.07. The summed E-state index contributed by atoms with van der Waals surface area (Å²) in [4.78, 5) is 28.2. The van der Waals surface area contributed by atoms with E-state index < -0.39 is 11.8 Å². The lowest BCUT2D eigenvalue weighted by Crippen LogP contribution is -2.22. The Balaban J connectivity index is 2.05. The normalized spacial score (nSPS) is 20.2. The lowest BCUT2D eigenvalue weighted by atomic mass is 9.96. The average Bonchev–Trinajstić information content (AvgIpc) is 2.75. The first kappa shape index (κ1) is 12.3. The van der Waals surface area contributed by atoms with Crippen molar-refractivity contribution >= 4 is 23.2 Å². The molecule has 0 saturated carbocycles. The number of nitrogens with one attached hydrogen (secondary N) is 1. The molecule has 4 nitrogen and oxygen atoms in total. The number of carbonyl (C=O) groups excluding carboxylic acids is 2. The van der Waals surface area contributed by atoms with E-state index in [-0.39, 0.29) is 11.6 Å². The summed E-state index contributed by atoms with van der Waals surface area (Å²) >= 11 is 0. The van der Waals surface area contributed by atoms with E-state index in [9.17, 15) is 9.59 Å². The van der Waals surface area contributed by atoms with Gasteiger partial charge in [-0.1, -0.05) is 48.5 Å². The second-order valence-corrected chi connectivity index (χ2v) is 4.49. The van der Waals surface area contributed by atoms with Crippen molar-refractivity contribution in [3.8, 4) is 0 Å². The van der Waals surface area contributed by atoms with Crippen molar-refractivity contribution in [1.82, 2.24) is 5.32 Å². The van der Waals surface area contributed by atoms with E-state index in [1.54, 1.807) is 12.1 Å². The highest BCUT2D eigenvalue weighted by atomic mass is 16.2. The molecule has 2 aromatic carbocycles. The van der Waals surface area contributed by atoms with Crippen molar-refractivity contribution in [3.05, 3.63) is 66.2 Å². The van der Waals surface area contributed by atoms with Crippen LogP contribution in [0.2, 0.25) is 0 Å². The summed E-state index contributed by atoms with van der Waals surface area (Å²) in [5, 5.41) is 2.33. The SMILES string of the molecule is O=C1NC(=O)[C@H](c2ccccc2)C1=Nc1ccccc1. The molecule has 2 amide bonds. The van der Waals surface area contributed by atoms with Crippen LogP contribution in [0.5, 0.6) is 0 Å². The van der Waals surface area contributed by atoms with Gasteiger partial charge in [-0.3, -0.25) is 14.9 Å². The highest BCUT2D eigenvalue weighted by molar-refractivity contribution is 6.52. The highest BCUT2D eigenvalue weighted by Gasteiger charge is 2.38. The van der Waals surface area contributed by atoms with Crippen LogP contribution in [0.15, 0.2) is 65.7 Å². The minimum absolute atomic E-state index is 0.243. The molecule has 1 aliphatic heterocycles. The van der Waals surface area contributed by atoms with Crippen LogP contribution >= 0.6 is 0 Å². The molecule has 1 saturated heterocycles. The molecule has 0 bridgehead atoms. The molecule has 1 heterocycles. The van der Waals surface area contributed by atoms with Crippen molar-refractivity contribution in [3.63, 3.8) is 0 Å². The summed E-state index contributed by atoms with van der Waals surface area (Å²) in [5.41, 5.74) is 1.67. The fourth-order valence-electron chi connectivity index (χ4n) is 2.22. The third-order valence-electron chi connectivity index (χ3n) is 3.14. The molecule has 0 unspecified atom stereocenters. The number of para-hydroxylation sites is 1. The van der Waals surface area contributed by atoms with Crippen molar-refractivity contribution in [2.75, 3.05) is 0 Å². The number of hydrogen-bond donors (Lipinski definition) is 1. The Morgan fingerprint density at radius 3 is 2.10 bits per heavy atom. The molecule has 1 fully saturated rings. The first-order valence-electron chi connectivity index (χ1n) is 6.29. The molecule has 1 aliphatic rings. The van der Waals surface area contributed by atoms with Crippen LogP contribution < -0.4 is 5.32 Å². The van der Waals surface area contributed by atoms with E-state index in [4.69, 9.17) is 0 Å². The molecular weight excluding hydrogens is 252 g/mol. The van der Waals surface area contributed by atoms with Crippen molar-refractivity contribution < 1.29 is 9.59 Å². The summed E-state index contributed by atoms with van der Waals surface area (Å²) in [5.74, 6) is -1.38. The van der Waals surface area contributed by atoms with Crippen molar-refractivity contribution in [2.45, 2.75) is 5.92 Å². The van der Waals surface area contributed by atoms with Gasteiger partial charge in [0.1, 0.15) is 11.6 Å². The maximum atomic E-state index is 12.0. The zero-order valence-corrected chi connectivity index (χ0v) is 10.6. The third kappa shape index (κ3) is 2.23. The maximum Gasteiger partial charge on any atom is 0.273 e. The minimum atomic E-state index is -0.635. The van der Waals surface area contributed by atoms with Crippen LogP contribution in [-0.4, -0.2) is 17.5 Å². The molecule has 1 atom stereocenters. The van der Waals surface area contributed by atoms with Crippen LogP contribution in [0, 0.1) is 0 Å². The summed E-state index contributed by atoms with van der Waals surface area (Å²) in [7, 11) is 0. The molecule has 98 valence electrons. The molecule has 0 aromatic heterocycles. The molecule has 3 rings (SSSR count). The topological polar surface area (TPSA) is 58.5 Å². The monoisotopic (exact) mass is 264 g/mol. The van der Waals surface area contributed by atoms with E-state index >= 15 is 0 Å². The first-order valence-corrected chi connectivity index (χ1v) is 6.29. The fraction of sp³-hybridized carbons (Fsp3) is 0.0625. The number of aliphatic imine (C=N–C) groups is 1. The first-order chi connectivity index (χ1) is 9.75. The number of hydrogen-bond acceptors (Lipinski definition) is 3. The summed E-state index contributed by atoms with van der Waals surface area (Å²) < 4.78 is 0. The molecule has 0 aliphatic carbocycles. The average molecular weight is 264 g/mol. The zero-order chi connectivity index (χ0) is 13.9. The molecular formula is C16H12N2O2. The van der Waals surface area contributed by atoms with Crippen LogP contribution in [0.4, 0.5) is 5.69 Å². The number of amides is 2. The van der Waals surface area contributed by atoms with Gasteiger partial charge in [0, 0.05) is 0 Å². The van der Waals surface area contributed by atoms with Gasteiger partial charge in [0.25, 0.3) is 5.91 Å². The number of carbonyl (C=O) groups is 2. The second-order valence-electron chi connectivity index (χ2n) is 4.49. The van der Waals surface area contributed by atoms with Gasteiger partial charge in [-0.2, -0.15) is 0 Å². The predicted octanol–water partition coefficient (Wildman–Crippen LogP) is 2.20. The molecule has 1 N–H and O–H groups in total. The van der Waals surface area contributed by atoms with Gasteiger partial charge in [-0.05, 0) is 17.7 Å². The number of benzene rings is 2. The largest absolute Gasteiger partial charge is 0.290 e. The standard InChI is InChI=1S/C16H12N2O2/c19-15-13(11-7-3-1-4-8-11)14(16(20)18-15)17-12-9-5-2-6-10-12/h1-10,13H,(H,18,19,20)/t13-/m1/s1. The summed E-state index contributed by atoms with van der Waals surface area (Å²) in [6.45, 7) is 0. The van der Waals surface area contributed by atoms with E-state index in [1.165, 1.54) is 0 Å². The van der Waals surface area contributed by atoms with Gasteiger partial charge < -0.3 is 0 Å². The van der Waals surface area contributed by atoms with E-state index in [0.717, 1.165) is 5.56 Å². The number of imide groups is 1. The van der Waals surface area contributed by atoms with E-state index in [1.807, 2.05) is 48.5 Å². The van der Waals surface area contributed by atoms with Gasteiger partial charge in [0.05, 0.1) is 5.69 Å². The van der Waals surface area contributed by atoms with Gasteiger partial charge in [-0.25, -0.2) is 4.99 Å². The Morgan fingerprint density at radius 1 is 0.850 bits per heavy atom. The van der Waals surface area contributed by atoms with Gasteiger partial charge in [-0.15, -0.1) is 0 Å². The van der Waals surface area contributed by atoms with Gasteiger partial charge >= 0.3 is 0 Å². The molecule has 0 radical (unpaired) electrons. The Hall–Kier alpha value is -2.75. The van der Waals surface area contributed by atoms with Crippen LogP contribution in [-0.2, 0) is 9.59 Å². The van der Waals surface area contributed by atoms with Crippen LogP contribution in [0.1, 0.15) is 11.5 Å². The molecule has 0 spiro atoms. The quantitative estimate of drug-likeness (QED) is 0.845. The van der Waals surface area contributed by atoms with E-state index in [0.29, 0.717) is 5.69 Å². The maximum absolute atomic E-state index is 12.0. The fourth-order valence-corrected chi connectivity index (χ4v) is 2.22. The molecule has 4 heteroatoms. The smallest absolute Gasteiger partial charge is 0.273 e. The molecule has 2 aromatic rings.